The molecule has 1 aliphatic heterocycles. The first-order chi connectivity index (χ1) is 8.57. The molecule has 1 aromatic carbocycles. The lowest BCUT2D eigenvalue weighted by Crippen LogP contribution is -2.41. The number of rotatable bonds is 1. The van der Waals surface area contributed by atoms with Gasteiger partial charge >= 0.3 is 7.12 Å². The first kappa shape index (κ1) is 15.7. The lowest BCUT2D eigenvalue weighted by atomic mass is 9.79. The molecule has 0 aromatic heterocycles. The molecule has 0 radical (unpaired) electrons. The molecule has 19 heavy (non-hydrogen) atoms. The highest BCUT2D eigenvalue weighted by atomic mass is 35.5. The van der Waals surface area contributed by atoms with Crippen molar-refractivity contribution in [1.82, 2.24) is 0 Å². The Morgan fingerprint density at radius 2 is 1.32 bits per heavy atom. The van der Waals surface area contributed by atoms with Crippen LogP contribution in [0.15, 0.2) is 6.07 Å². The molecule has 0 N–H and O–H groups in total. The van der Waals surface area contributed by atoms with Crippen LogP contribution in [0.2, 0.25) is 20.1 Å². The highest BCUT2D eigenvalue weighted by Gasteiger charge is 2.53. The van der Waals surface area contributed by atoms with Crippen molar-refractivity contribution in [1.29, 1.82) is 0 Å². The van der Waals surface area contributed by atoms with Crippen LogP contribution in [0.1, 0.15) is 27.7 Å². The first-order valence-corrected chi connectivity index (χ1v) is 7.26. The summed E-state index contributed by atoms with van der Waals surface area (Å²) < 4.78 is 11.8. The van der Waals surface area contributed by atoms with E-state index in [1.807, 2.05) is 27.7 Å². The van der Waals surface area contributed by atoms with Crippen LogP contribution >= 0.6 is 46.4 Å². The highest BCUT2D eigenvalue weighted by molar-refractivity contribution is 6.70. The number of halogens is 4. The Hall–Kier alpha value is 0.365. The van der Waals surface area contributed by atoms with Crippen molar-refractivity contribution in [2.24, 2.45) is 0 Å². The zero-order chi connectivity index (χ0) is 14.6. The summed E-state index contributed by atoms with van der Waals surface area (Å²) in [5.41, 5.74) is -0.441. The summed E-state index contributed by atoms with van der Waals surface area (Å²) in [6, 6.07) is 1.54. The van der Waals surface area contributed by atoms with Crippen LogP contribution in [0, 0.1) is 0 Å². The molecule has 1 saturated heterocycles. The maximum Gasteiger partial charge on any atom is 0.497 e. The van der Waals surface area contributed by atoms with Crippen molar-refractivity contribution in [2.45, 2.75) is 38.9 Å². The predicted octanol–water partition coefficient (Wildman–Crippen LogP) is 4.60. The van der Waals surface area contributed by atoms with Crippen molar-refractivity contribution in [3.63, 3.8) is 0 Å². The second kappa shape index (κ2) is 4.97. The second-order valence-corrected chi connectivity index (χ2v) is 7.04. The minimum absolute atomic E-state index is 0.248. The molecule has 0 amide bonds. The van der Waals surface area contributed by atoms with Crippen molar-refractivity contribution in [3.8, 4) is 0 Å². The van der Waals surface area contributed by atoms with Gasteiger partial charge in [-0.2, -0.15) is 0 Å². The average molecular weight is 342 g/mol. The molecule has 2 nitrogen and oxygen atoms in total. The van der Waals surface area contributed by atoms with E-state index in [-0.39, 0.29) is 10.0 Å². The first-order valence-electron chi connectivity index (χ1n) is 5.75. The van der Waals surface area contributed by atoms with Crippen LogP contribution in [0.5, 0.6) is 0 Å². The topological polar surface area (TPSA) is 18.5 Å². The van der Waals surface area contributed by atoms with Crippen LogP contribution in [-0.2, 0) is 9.31 Å². The summed E-state index contributed by atoms with van der Waals surface area (Å²) in [7, 11) is -0.667. The zero-order valence-electron chi connectivity index (χ0n) is 11.0. The molecule has 0 saturated carbocycles. The zero-order valence-corrected chi connectivity index (χ0v) is 14.0. The standard InChI is InChI=1S/C12H13BCl4O2/c1-11(2)12(3,4)19-13(18-11)8-6(14)5-7(15)9(16)10(8)17/h5H,1-4H3. The Morgan fingerprint density at radius 1 is 0.842 bits per heavy atom. The molecular weight excluding hydrogens is 329 g/mol. The molecule has 2 rings (SSSR count). The fraction of sp³-hybridized carbons (Fsp3) is 0.500. The van der Waals surface area contributed by atoms with Gasteiger partial charge in [-0.15, -0.1) is 0 Å². The third kappa shape index (κ3) is 2.62. The van der Waals surface area contributed by atoms with Crippen molar-refractivity contribution >= 4 is 59.0 Å². The maximum absolute atomic E-state index is 6.21. The van der Waals surface area contributed by atoms with Gasteiger partial charge < -0.3 is 9.31 Å². The minimum Gasteiger partial charge on any atom is -0.399 e. The fourth-order valence-electron chi connectivity index (χ4n) is 1.76. The van der Waals surface area contributed by atoms with E-state index in [0.29, 0.717) is 15.5 Å². The quantitative estimate of drug-likeness (QED) is 0.422. The summed E-state index contributed by atoms with van der Waals surface area (Å²) in [6.07, 6.45) is 0. The van der Waals surface area contributed by atoms with Gasteiger partial charge in [0.1, 0.15) is 0 Å². The van der Waals surface area contributed by atoms with E-state index in [1.165, 1.54) is 6.07 Å². The second-order valence-electron chi connectivity index (χ2n) is 5.47. The van der Waals surface area contributed by atoms with E-state index >= 15 is 0 Å². The Labute approximate surface area is 133 Å². The Balaban J connectivity index is 2.49. The number of hydrogen-bond acceptors (Lipinski definition) is 2. The molecule has 1 aliphatic rings. The van der Waals surface area contributed by atoms with Gasteiger partial charge in [-0.25, -0.2) is 0 Å². The third-order valence-corrected chi connectivity index (χ3v) is 5.23. The van der Waals surface area contributed by atoms with Gasteiger partial charge in [-0.1, -0.05) is 46.4 Å². The van der Waals surface area contributed by atoms with Crippen molar-refractivity contribution in [2.75, 3.05) is 0 Å². The minimum atomic E-state index is -0.667. The van der Waals surface area contributed by atoms with Gasteiger partial charge in [0.15, 0.2) is 0 Å². The predicted molar refractivity (Wildman–Crippen MR) is 82.2 cm³/mol. The smallest absolute Gasteiger partial charge is 0.399 e. The van der Waals surface area contributed by atoms with Gasteiger partial charge in [0, 0.05) is 10.5 Å². The third-order valence-electron chi connectivity index (χ3n) is 3.64. The Kier molecular flexibility index (Phi) is 4.12. The summed E-state index contributed by atoms with van der Waals surface area (Å²) in [5.74, 6) is 0. The molecule has 0 bridgehead atoms. The monoisotopic (exact) mass is 340 g/mol. The normalized spacial score (nSPS) is 20.9. The van der Waals surface area contributed by atoms with Gasteiger partial charge in [0.25, 0.3) is 0 Å². The van der Waals surface area contributed by atoms with Crippen molar-refractivity contribution in [3.05, 3.63) is 26.2 Å². The van der Waals surface area contributed by atoms with Gasteiger partial charge in [-0.3, -0.25) is 0 Å². The summed E-state index contributed by atoms with van der Waals surface area (Å²) >= 11 is 24.4. The Bertz CT molecular complexity index is 515. The van der Waals surface area contributed by atoms with E-state index in [9.17, 15) is 0 Å². The van der Waals surface area contributed by atoms with Crippen LogP contribution < -0.4 is 5.46 Å². The molecule has 0 aliphatic carbocycles. The molecule has 7 heteroatoms. The molecular formula is C12H13BCl4O2. The molecule has 1 heterocycles. The lowest BCUT2D eigenvalue weighted by Gasteiger charge is -2.32. The van der Waals surface area contributed by atoms with Gasteiger partial charge in [0.2, 0.25) is 0 Å². The Morgan fingerprint density at radius 3 is 1.79 bits per heavy atom. The van der Waals surface area contributed by atoms with Crippen LogP contribution in [0.3, 0.4) is 0 Å². The molecule has 0 spiro atoms. The van der Waals surface area contributed by atoms with E-state index in [4.69, 9.17) is 55.7 Å². The molecule has 0 atom stereocenters. The number of hydrogen-bond donors (Lipinski definition) is 0. The summed E-state index contributed by atoms with van der Waals surface area (Å²) in [5, 5.41) is 1.19. The van der Waals surface area contributed by atoms with Crippen LogP contribution in [0.4, 0.5) is 0 Å². The molecule has 104 valence electrons. The van der Waals surface area contributed by atoms with E-state index in [1.54, 1.807) is 0 Å². The van der Waals surface area contributed by atoms with Crippen LogP contribution in [0.25, 0.3) is 0 Å². The SMILES string of the molecule is CC1(C)OB(c2c(Cl)cc(Cl)c(Cl)c2Cl)OC1(C)C. The lowest BCUT2D eigenvalue weighted by molar-refractivity contribution is 0.00578. The van der Waals surface area contributed by atoms with Crippen LogP contribution in [-0.4, -0.2) is 18.3 Å². The molecule has 1 aromatic rings. The van der Waals surface area contributed by atoms with Gasteiger partial charge in [-0.05, 0) is 33.8 Å². The van der Waals surface area contributed by atoms with Gasteiger partial charge in [0.05, 0.1) is 26.3 Å². The number of benzene rings is 1. The largest absolute Gasteiger partial charge is 0.497 e. The maximum atomic E-state index is 6.21. The van der Waals surface area contributed by atoms with E-state index in [0.717, 1.165) is 0 Å². The summed E-state index contributed by atoms with van der Waals surface area (Å²) in [4.78, 5) is 0. The fourth-order valence-corrected chi connectivity index (χ4v) is 2.86. The molecule has 1 fully saturated rings. The average Bonchev–Trinajstić information content (AvgIpc) is 2.44. The van der Waals surface area contributed by atoms with E-state index < -0.39 is 18.3 Å². The highest BCUT2D eigenvalue weighted by Crippen LogP contribution is 2.39. The van der Waals surface area contributed by atoms with Crippen molar-refractivity contribution < 1.29 is 9.31 Å². The van der Waals surface area contributed by atoms with E-state index in [2.05, 4.69) is 0 Å². The summed E-state index contributed by atoms with van der Waals surface area (Å²) in [6.45, 7) is 7.80. The molecule has 0 unspecified atom stereocenters.